The first-order valence-electron chi connectivity index (χ1n) is 13.2. The highest BCUT2D eigenvalue weighted by Crippen LogP contribution is 2.47. The normalized spacial score (nSPS) is 18.1. The van der Waals surface area contributed by atoms with Crippen molar-refractivity contribution in [2.75, 3.05) is 19.7 Å². The molecular formula is C31H43NOSi. The summed E-state index contributed by atoms with van der Waals surface area (Å²) in [7, 11) is -2.03. The van der Waals surface area contributed by atoms with Crippen LogP contribution in [0, 0.1) is 6.92 Å². The minimum absolute atomic E-state index is 0.0169. The fourth-order valence-electron chi connectivity index (χ4n) is 6.27. The summed E-state index contributed by atoms with van der Waals surface area (Å²) in [5.41, 5.74) is 7.64. The highest BCUT2D eigenvalue weighted by Gasteiger charge is 2.46. The maximum atomic E-state index is 6.57. The molecule has 0 N–H and O–H groups in total. The maximum absolute atomic E-state index is 6.57. The molecule has 1 heterocycles. The minimum Gasteiger partial charge on any atom is -0.489 e. The first-order valence-corrected chi connectivity index (χ1v) is 15.7. The molecule has 2 nitrogen and oxygen atoms in total. The van der Waals surface area contributed by atoms with Gasteiger partial charge in [0.25, 0.3) is 0 Å². The summed E-state index contributed by atoms with van der Waals surface area (Å²) in [5.74, 6) is 1.13. The third-order valence-corrected chi connectivity index (χ3v) is 13.8. The monoisotopic (exact) mass is 473 g/mol. The van der Waals surface area contributed by atoms with Crippen LogP contribution in [0.1, 0.15) is 75.3 Å². The van der Waals surface area contributed by atoms with E-state index in [9.17, 15) is 0 Å². The molecule has 34 heavy (non-hydrogen) atoms. The van der Waals surface area contributed by atoms with Gasteiger partial charge in [0.1, 0.15) is 20.4 Å². The van der Waals surface area contributed by atoms with Gasteiger partial charge in [-0.15, -0.1) is 0 Å². The van der Waals surface area contributed by atoms with Crippen LogP contribution in [0.25, 0.3) is 5.70 Å². The quantitative estimate of drug-likeness (QED) is 0.294. The van der Waals surface area contributed by atoms with Crippen molar-refractivity contribution in [2.24, 2.45) is 0 Å². The Morgan fingerprint density at radius 1 is 1.09 bits per heavy atom. The summed E-state index contributed by atoms with van der Waals surface area (Å²) in [6, 6.07) is 16.4. The predicted octanol–water partition coefficient (Wildman–Crippen LogP) is 7.33. The standard InChI is InChI=1S/C31H43NOSi/c1-8-19-33-30-26(31(5,6)7)20-23(4)21-29(30)34(9-2,10-3)28-22-27(32-17-13-14-18-32)24-15-11-12-16-25(24)28/h8,11-12,15-16,20-22,28H,1,9-10,13-14,17-19H2,2-7H3. The molecule has 2 aromatic carbocycles. The van der Waals surface area contributed by atoms with Gasteiger partial charge in [0.15, 0.2) is 0 Å². The van der Waals surface area contributed by atoms with Gasteiger partial charge in [-0.1, -0.05) is 107 Å². The first-order chi connectivity index (χ1) is 16.3. The molecule has 0 saturated carbocycles. The average molecular weight is 474 g/mol. The molecule has 182 valence electrons. The van der Waals surface area contributed by atoms with Crippen molar-refractivity contribution in [2.45, 2.75) is 77.4 Å². The number of allylic oxidation sites excluding steroid dienone is 1. The molecule has 1 saturated heterocycles. The van der Waals surface area contributed by atoms with Crippen LogP contribution in [0.5, 0.6) is 5.75 Å². The Balaban J connectivity index is 1.96. The van der Waals surface area contributed by atoms with Gasteiger partial charge < -0.3 is 9.64 Å². The second kappa shape index (κ2) is 9.77. The van der Waals surface area contributed by atoms with E-state index in [-0.39, 0.29) is 5.41 Å². The lowest BCUT2D eigenvalue weighted by atomic mass is 9.85. The Morgan fingerprint density at radius 3 is 2.38 bits per heavy atom. The average Bonchev–Trinajstić information content (AvgIpc) is 3.47. The molecule has 1 atom stereocenters. The van der Waals surface area contributed by atoms with E-state index in [4.69, 9.17) is 4.74 Å². The summed E-state index contributed by atoms with van der Waals surface area (Å²) in [4.78, 5) is 2.63. The van der Waals surface area contributed by atoms with E-state index in [1.54, 1.807) is 0 Å². The molecule has 0 amide bonds. The summed E-state index contributed by atoms with van der Waals surface area (Å²) in [5, 5.41) is 1.50. The molecule has 4 rings (SSSR count). The van der Waals surface area contributed by atoms with E-state index in [1.807, 2.05) is 6.08 Å². The lowest BCUT2D eigenvalue weighted by Gasteiger charge is -2.39. The molecule has 0 aromatic heterocycles. The molecule has 1 fully saturated rings. The second-order valence-electron chi connectivity index (χ2n) is 11.2. The zero-order chi connectivity index (χ0) is 24.5. The molecule has 1 aliphatic carbocycles. The number of ether oxygens (including phenoxy) is 1. The van der Waals surface area contributed by atoms with Gasteiger partial charge in [-0.3, -0.25) is 0 Å². The SMILES string of the molecule is C=CCOc1c(C(C)(C)C)cc(C)cc1[Si](CC)(CC)C1C=C(N2CCCC2)c2ccccc21. The lowest BCUT2D eigenvalue weighted by molar-refractivity contribution is 0.353. The molecule has 0 spiro atoms. The summed E-state index contributed by atoms with van der Waals surface area (Å²) >= 11 is 0. The van der Waals surface area contributed by atoms with E-state index < -0.39 is 8.07 Å². The Kier molecular flexibility index (Phi) is 7.14. The number of likely N-dealkylation sites (tertiary alicyclic amines) is 1. The molecule has 3 heteroatoms. The summed E-state index contributed by atoms with van der Waals surface area (Å²) in [6.07, 6.45) is 7.15. The molecular weight excluding hydrogens is 430 g/mol. The van der Waals surface area contributed by atoms with Crippen LogP contribution in [0.2, 0.25) is 12.1 Å². The molecule has 2 aromatic rings. The van der Waals surface area contributed by atoms with Crippen molar-refractivity contribution < 1.29 is 4.74 Å². The number of hydrogen-bond donors (Lipinski definition) is 0. The maximum Gasteiger partial charge on any atom is 0.122 e. The van der Waals surface area contributed by atoms with Crippen molar-refractivity contribution >= 4 is 19.0 Å². The number of nitrogens with zero attached hydrogens (tertiary/aromatic N) is 1. The van der Waals surface area contributed by atoms with Crippen LogP contribution in [-0.4, -0.2) is 32.7 Å². The number of benzene rings is 2. The predicted molar refractivity (Wildman–Crippen MR) is 150 cm³/mol. The van der Waals surface area contributed by atoms with Gasteiger partial charge in [-0.2, -0.15) is 0 Å². The zero-order valence-corrected chi connectivity index (χ0v) is 23.2. The number of hydrogen-bond acceptors (Lipinski definition) is 2. The van der Waals surface area contributed by atoms with Crippen LogP contribution in [0.4, 0.5) is 0 Å². The Morgan fingerprint density at radius 2 is 1.76 bits per heavy atom. The van der Waals surface area contributed by atoms with Gasteiger partial charge in [0.05, 0.1) is 0 Å². The van der Waals surface area contributed by atoms with Crippen LogP contribution < -0.4 is 9.92 Å². The fourth-order valence-corrected chi connectivity index (χ4v) is 11.2. The van der Waals surface area contributed by atoms with Crippen molar-refractivity contribution in [3.63, 3.8) is 0 Å². The van der Waals surface area contributed by atoms with Crippen LogP contribution >= 0.6 is 0 Å². The molecule has 0 radical (unpaired) electrons. The van der Waals surface area contributed by atoms with Crippen molar-refractivity contribution in [1.29, 1.82) is 0 Å². The largest absolute Gasteiger partial charge is 0.489 e. The van der Waals surface area contributed by atoms with Gasteiger partial charge in [-0.25, -0.2) is 0 Å². The first kappa shape index (κ1) is 24.8. The Hall–Kier alpha value is -2.26. The minimum atomic E-state index is -2.03. The van der Waals surface area contributed by atoms with E-state index in [0.717, 1.165) is 5.75 Å². The van der Waals surface area contributed by atoms with Crippen molar-refractivity contribution in [3.8, 4) is 5.75 Å². The van der Waals surface area contributed by atoms with Gasteiger partial charge >= 0.3 is 0 Å². The summed E-state index contributed by atoms with van der Waals surface area (Å²) < 4.78 is 6.57. The molecule has 0 bridgehead atoms. The van der Waals surface area contributed by atoms with Crippen molar-refractivity contribution in [3.05, 3.63) is 77.4 Å². The van der Waals surface area contributed by atoms with Crippen LogP contribution in [0.3, 0.4) is 0 Å². The highest BCUT2D eigenvalue weighted by atomic mass is 28.3. The topological polar surface area (TPSA) is 12.5 Å². The number of rotatable bonds is 8. The Labute approximate surface area is 208 Å². The van der Waals surface area contributed by atoms with Gasteiger partial charge in [0.2, 0.25) is 0 Å². The number of fused-ring (bicyclic) bond motifs is 1. The summed E-state index contributed by atoms with van der Waals surface area (Å²) in [6.45, 7) is 20.9. The third kappa shape index (κ3) is 4.28. The number of aryl methyl sites for hydroxylation is 1. The molecule has 1 unspecified atom stereocenters. The van der Waals surface area contributed by atoms with Crippen LogP contribution in [0.15, 0.2) is 55.1 Å². The highest BCUT2D eigenvalue weighted by molar-refractivity contribution is 6.94. The fraction of sp³-hybridized carbons (Fsp3) is 0.484. The molecule has 2 aliphatic rings. The van der Waals surface area contributed by atoms with E-state index >= 15 is 0 Å². The van der Waals surface area contributed by atoms with E-state index in [2.05, 4.69) is 95.5 Å². The van der Waals surface area contributed by atoms with Gasteiger partial charge in [-0.05, 0) is 41.5 Å². The second-order valence-corrected chi connectivity index (χ2v) is 16.1. The van der Waals surface area contributed by atoms with Crippen LogP contribution in [-0.2, 0) is 5.41 Å². The third-order valence-electron chi connectivity index (χ3n) is 8.12. The zero-order valence-electron chi connectivity index (χ0n) is 22.2. The Bertz CT molecular complexity index is 1070. The lowest BCUT2D eigenvalue weighted by Crippen LogP contribution is -2.52. The van der Waals surface area contributed by atoms with E-state index in [1.165, 1.54) is 71.2 Å². The van der Waals surface area contributed by atoms with Gasteiger partial charge in [0, 0.05) is 29.9 Å². The molecule has 1 aliphatic heterocycles. The van der Waals surface area contributed by atoms with Crippen molar-refractivity contribution in [1.82, 2.24) is 4.90 Å². The van der Waals surface area contributed by atoms with E-state index in [0.29, 0.717) is 12.1 Å². The smallest absolute Gasteiger partial charge is 0.122 e.